The molecule has 1 unspecified atom stereocenters. The van der Waals surface area contributed by atoms with E-state index in [1.807, 2.05) is 0 Å². The Morgan fingerprint density at radius 3 is 3.21 bits per heavy atom. The average molecular weight is 259 g/mol. The Bertz CT molecular complexity index is 480. The van der Waals surface area contributed by atoms with E-state index < -0.39 is 0 Å². The second kappa shape index (κ2) is 5.21. The van der Waals surface area contributed by atoms with Gasteiger partial charge in [-0.1, -0.05) is 12.1 Å². The molecule has 0 radical (unpaired) electrons. The van der Waals surface area contributed by atoms with E-state index in [4.69, 9.17) is 0 Å². The van der Waals surface area contributed by atoms with Gasteiger partial charge >= 0.3 is 0 Å². The van der Waals surface area contributed by atoms with Crippen LogP contribution in [-0.2, 0) is 17.8 Å². The Morgan fingerprint density at radius 2 is 2.42 bits per heavy atom. The molecule has 1 amide bonds. The molecule has 2 heterocycles. The first-order valence-corrected chi connectivity index (χ1v) is 7.08. The highest BCUT2D eigenvalue weighted by molar-refractivity contribution is 5.82. The number of nitrogens with zero attached hydrogens (tertiary/aromatic N) is 1. The van der Waals surface area contributed by atoms with Crippen molar-refractivity contribution in [3.63, 3.8) is 0 Å². The number of fused-ring (bicyclic) bond motifs is 1. The summed E-state index contributed by atoms with van der Waals surface area (Å²) in [6.07, 6.45) is 3.17. The molecule has 2 aliphatic rings. The van der Waals surface area contributed by atoms with Crippen molar-refractivity contribution in [3.8, 4) is 0 Å². The van der Waals surface area contributed by atoms with Crippen molar-refractivity contribution in [2.75, 3.05) is 25.0 Å². The van der Waals surface area contributed by atoms with Gasteiger partial charge < -0.3 is 15.5 Å². The largest absolute Gasteiger partial charge is 0.374 e. The van der Waals surface area contributed by atoms with Gasteiger partial charge in [-0.3, -0.25) is 4.79 Å². The zero-order valence-electron chi connectivity index (χ0n) is 11.4. The van der Waals surface area contributed by atoms with E-state index in [1.54, 1.807) is 0 Å². The first-order valence-electron chi connectivity index (χ1n) is 7.08. The normalized spacial score (nSPS) is 21.5. The molecule has 0 bridgehead atoms. The molecule has 1 aromatic carbocycles. The molecule has 0 spiro atoms. The van der Waals surface area contributed by atoms with E-state index in [2.05, 4.69) is 40.8 Å². The Morgan fingerprint density at radius 1 is 1.53 bits per heavy atom. The number of rotatable bonds is 3. The molecule has 0 aliphatic carbocycles. The standard InChI is InChI=1S/C15H21N3O/c1-18-8-6-12-9-11(4-5-14(12)18)10-17-15(19)13-3-2-7-16-13/h4-5,9,13,16H,2-3,6-8,10H2,1H3,(H,17,19). The molecular formula is C15H21N3O. The zero-order chi connectivity index (χ0) is 13.2. The number of likely N-dealkylation sites (N-methyl/N-ethyl adjacent to an activating group) is 1. The van der Waals surface area contributed by atoms with Crippen LogP contribution in [0, 0.1) is 0 Å². The summed E-state index contributed by atoms with van der Waals surface area (Å²) in [5.41, 5.74) is 3.92. The van der Waals surface area contributed by atoms with Gasteiger partial charge in [-0.25, -0.2) is 0 Å². The minimum absolute atomic E-state index is 0.0144. The summed E-state index contributed by atoms with van der Waals surface area (Å²) in [5, 5.41) is 6.25. The third-order valence-corrected chi connectivity index (χ3v) is 4.12. The SMILES string of the molecule is CN1CCc2cc(CNC(=O)C3CCCN3)ccc21. The predicted octanol–water partition coefficient (Wildman–Crippen LogP) is 1.05. The summed E-state index contributed by atoms with van der Waals surface area (Å²) < 4.78 is 0. The average Bonchev–Trinajstić information content (AvgIpc) is 3.06. The number of anilines is 1. The van der Waals surface area contributed by atoms with Gasteiger partial charge in [0.05, 0.1) is 6.04 Å². The van der Waals surface area contributed by atoms with E-state index in [-0.39, 0.29) is 11.9 Å². The van der Waals surface area contributed by atoms with Crippen molar-refractivity contribution in [2.24, 2.45) is 0 Å². The van der Waals surface area contributed by atoms with Gasteiger partial charge in [-0.05, 0) is 43.0 Å². The highest BCUT2D eigenvalue weighted by Gasteiger charge is 2.21. The minimum Gasteiger partial charge on any atom is -0.374 e. The second-order valence-corrected chi connectivity index (χ2v) is 5.50. The molecule has 102 valence electrons. The van der Waals surface area contributed by atoms with E-state index in [0.29, 0.717) is 6.54 Å². The van der Waals surface area contributed by atoms with Gasteiger partial charge in [0.1, 0.15) is 0 Å². The van der Waals surface area contributed by atoms with Crippen LogP contribution in [0.5, 0.6) is 0 Å². The van der Waals surface area contributed by atoms with Crippen molar-refractivity contribution in [3.05, 3.63) is 29.3 Å². The van der Waals surface area contributed by atoms with E-state index in [0.717, 1.165) is 32.4 Å². The maximum absolute atomic E-state index is 11.9. The summed E-state index contributed by atoms with van der Waals surface area (Å²) >= 11 is 0. The van der Waals surface area contributed by atoms with E-state index >= 15 is 0 Å². The summed E-state index contributed by atoms with van der Waals surface area (Å²) in [5.74, 6) is 0.134. The van der Waals surface area contributed by atoms with Crippen LogP contribution in [0.1, 0.15) is 24.0 Å². The smallest absolute Gasteiger partial charge is 0.237 e. The highest BCUT2D eigenvalue weighted by Crippen LogP contribution is 2.27. The molecule has 1 aromatic rings. The lowest BCUT2D eigenvalue weighted by Gasteiger charge is -2.13. The number of carbonyl (C=O) groups is 1. The first kappa shape index (κ1) is 12.5. The molecule has 0 aromatic heterocycles. The Labute approximate surface area is 114 Å². The molecule has 1 atom stereocenters. The molecule has 0 saturated carbocycles. The second-order valence-electron chi connectivity index (χ2n) is 5.50. The van der Waals surface area contributed by atoms with Crippen LogP contribution in [0.2, 0.25) is 0 Å². The Hall–Kier alpha value is -1.55. The van der Waals surface area contributed by atoms with Crippen molar-refractivity contribution in [2.45, 2.75) is 31.8 Å². The lowest BCUT2D eigenvalue weighted by atomic mass is 10.1. The van der Waals surface area contributed by atoms with Crippen LogP contribution < -0.4 is 15.5 Å². The van der Waals surface area contributed by atoms with Crippen molar-refractivity contribution in [1.29, 1.82) is 0 Å². The molecular weight excluding hydrogens is 238 g/mol. The maximum Gasteiger partial charge on any atom is 0.237 e. The summed E-state index contributed by atoms with van der Waals surface area (Å²) in [4.78, 5) is 14.2. The fourth-order valence-electron chi connectivity index (χ4n) is 2.95. The van der Waals surface area contributed by atoms with Crippen molar-refractivity contribution >= 4 is 11.6 Å². The van der Waals surface area contributed by atoms with Crippen LogP contribution >= 0.6 is 0 Å². The maximum atomic E-state index is 11.9. The minimum atomic E-state index is 0.0144. The molecule has 1 fully saturated rings. The third-order valence-electron chi connectivity index (χ3n) is 4.12. The lowest BCUT2D eigenvalue weighted by molar-refractivity contribution is -0.122. The van der Waals surface area contributed by atoms with Crippen LogP contribution in [0.25, 0.3) is 0 Å². The lowest BCUT2D eigenvalue weighted by Crippen LogP contribution is -2.40. The number of nitrogens with one attached hydrogen (secondary N) is 2. The molecule has 1 saturated heterocycles. The summed E-state index contributed by atoms with van der Waals surface area (Å²) in [6.45, 7) is 2.69. The van der Waals surface area contributed by atoms with Gasteiger partial charge in [-0.15, -0.1) is 0 Å². The highest BCUT2D eigenvalue weighted by atomic mass is 16.2. The Kier molecular flexibility index (Phi) is 3.42. The first-order chi connectivity index (χ1) is 9.24. The van der Waals surface area contributed by atoms with Gasteiger partial charge in [0.15, 0.2) is 0 Å². The summed E-state index contributed by atoms with van der Waals surface area (Å²) in [7, 11) is 2.12. The van der Waals surface area contributed by atoms with Crippen LogP contribution in [0.15, 0.2) is 18.2 Å². The Balaban J connectivity index is 1.60. The van der Waals surface area contributed by atoms with Crippen molar-refractivity contribution in [1.82, 2.24) is 10.6 Å². The van der Waals surface area contributed by atoms with Crippen LogP contribution in [-0.4, -0.2) is 32.1 Å². The quantitative estimate of drug-likeness (QED) is 0.853. The number of benzene rings is 1. The van der Waals surface area contributed by atoms with Crippen LogP contribution in [0.3, 0.4) is 0 Å². The fourth-order valence-corrected chi connectivity index (χ4v) is 2.95. The van der Waals surface area contributed by atoms with Gasteiger partial charge in [0.25, 0.3) is 0 Å². The number of hydrogen-bond acceptors (Lipinski definition) is 3. The summed E-state index contributed by atoms with van der Waals surface area (Å²) in [6, 6.07) is 6.52. The molecule has 2 aliphatic heterocycles. The van der Waals surface area contributed by atoms with Crippen LogP contribution in [0.4, 0.5) is 5.69 Å². The number of carbonyl (C=O) groups excluding carboxylic acids is 1. The van der Waals surface area contributed by atoms with Gasteiger partial charge in [0.2, 0.25) is 5.91 Å². The van der Waals surface area contributed by atoms with Gasteiger partial charge in [-0.2, -0.15) is 0 Å². The molecule has 4 heteroatoms. The zero-order valence-corrected chi connectivity index (χ0v) is 11.4. The van der Waals surface area contributed by atoms with E-state index in [1.165, 1.54) is 16.8 Å². The van der Waals surface area contributed by atoms with Gasteiger partial charge in [0, 0.05) is 25.8 Å². The molecule has 19 heavy (non-hydrogen) atoms. The predicted molar refractivity (Wildman–Crippen MR) is 76.3 cm³/mol. The number of amides is 1. The van der Waals surface area contributed by atoms with E-state index in [9.17, 15) is 4.79 Å². The third kappa shape index (κ3) is 2.59. The molecule has 2 N–H and O–H groups in total. The molecule has 3 rings (SSSR count). The molecule has 4 nitrogen and oxygen atoms in total. The number of hydrogen-bond donors (Lipinski definition) is 2. The fraction of sp³-hybridized carbons (Fsp3) is 0.533. The monoisotopic (exact) mass is 259 g/mol. The topological polar surface area (TPSA) is 44.4 Å². The van der Waals surface area contributed by atoms with Crippen molar-refractivity contribution < 1.29 is 4.79 Å².